The molecular formula is C22H23ClN4O4. The lowest BCUT2D eigenvalue weighted by molar-refractivity contribution is -0.138. The number of carboxylic acids is 1. The summed E-state index contributed by atoms with van der Waals surface area (Å²) in [6.07, 6.45) is 1.21. The summed E-state index contributed by atoms with van der Waals surface area (Å²) in [4.78, 5) is 26.1. The number of carboxylic acid groups (broad SMARTS) is 1. The van der Waals surface area contributed by atoms with Crippen LogP contribution in [0.5, 0.6) is 0 Å². The molecule has 1 aliphatic heterocycles. The van der Waals surface area contributed by atoms with Gasteiger partial charge in [-0.3, -0.25) is 10.00 Å². The molecular weight excluding hydrogens is 420 g/mol. The third-order valence-electron chi connectivity index (χ3n) is 5.00. The van der Waals surface area contributed by atoms with Gasteiger partial charge in [-0.25, -0.2) is 9.59 Å². The quantitative estimate of drug-likeness (QED) is 0.540. The molecule has 3 N–H and O–H groups in total. The molecule has 3 aromatic rings. The number of nitrogens with one attached hydrogen (secondary N) is 2. The second-order valence-corrected chi connectivity index (χ2v) is 9.00. The predicted molar refractivity (Wildman–Crippen MR) is 117 cm³/mol. The summed E-state index contributed by atoms with van der Waals surface area (Å²) in [5.41, 5.74) is 3.19. The zero-order chi connectivity index (χ0) is 22.3. The molecule has 4 rings (SSSR count). The van der Waals surface area contributed by atoms with E-state index in [0.717, 1.165) is 11.1 Å². The van der Waals surface area contributed by atoms with Gasteiger partial charge in [0.05, 0.1) is 11.7 Å². The number of nitrogens with zero attached hydrogens (tertiary/aromatic N) is 2. The number of amides is 1. The lowest BCUT2D eigenvalue weighted by Gasteiger charge is -2.24. The van der Waals surface area contributed by atoms with Crippen molar-refractivity contribution in [2.24, 2.45) is 0 Å². The maximum absolute atomic E-state index is 12.4. The van der Waals surface area contributed by atoms with E-state index in [1.807, 2.05) is 39.0 Å². The maximum atomic E-state index is 12.4. The maximum Gasteiger partial charge on any atom is 0.410 e. The molecule has 0 spiro atoms. The number of rotatable bonds is 4. The lowest BCUT2D eigenvalue weighted by Crippen LogP contribution is -2.33. The Kier molecular flexibility index (Phi) is 5.26. The highest BCUT2D eigenvalue weighted by Gasteiger charge is 2.29. The van der Waals surface area contributed by atoms with Crippen molar-refractivity contribution in [1.82, 2.24) is 15.1 Å². The Morgan fingerprint density at radius 2 is 1.97 bits per heavy atom. The number of carbonyl (C=O) groups is 2. The Bertz CT molecular complexity index is 1170. The van der Waals surface area contributed by atoms with Gasteiger partial charge in [0, 0.05) is 29.2 Å². The van der Waals surface area contributed by atoms with Crippen molar-refractivity contribution in [3.8, 4) is 0 Å². The standard InChI is InChI=1S/C22H23ClN4O4/c1-22(2,3)31-21(30)27-10-12-4-5-15(6-13(12)11-27)25-19(20(28)29)16-7-14(23)8-18-17(16)9-24-26-18/h4-9,19,25H,10-11H2,1-3H3,(H,24,26)(H,28,29)/t19-/m0/s1. The van der Waals surface area contributed by atoms with E-state index in [9.17, 15) is 14.7 Å². The number of carbonyl (C=O) groups excluding carboxylic acids is 1. The molecule has 8 nitrogen and oxygen atoms in total. The number of ether oxygens (including phenoxy) is 1. The van der Waals surface area contributed by atoms with Crippen LogP contribution in [-0.2, 0) is 22.6 Å². The molecule has 0 bridgehead atoms. The first-order valence-corrected chi connectivity index (χ1v) is 10.2. The highest BCUT2D eigenvalue weighted by atomic mass is 35.5. The predicted octanol–water partition coefficient (Wildman–Crippen LogP) is 4.70. The van der Waals surface area contributed by atoms with Gasteiger partial charge in [-0.1, -0.05) is 17.7 Å². The number of aromatic amines is 1. The smallest absolute Gasteiger partial charge is 0.410 e. The van der Waals surface area contributed by atoms with E-state index in [1.54, 1.807) is 23.2 Å². The molecule has 1 aliphatic rings. The highest BCUT2D eigenvalue weighted by Crippen LogP contribution is 2.32. The van der Waals surface area contributed by atoms with Gasteiger partial charge in [-0.2, -0.15) is 5.10 Å². The molecule has 0 fully saturated rings. The molecule has 0 saturated heterocycles. The summed E-state index contributed by atoms with van der Waals surface area (Å²) in [5, 5.41) is 20.9. The largest absolute Gasteiger partial charge is 0.479 e. The van der Waals surface area contributed by atoms with Crippen LogP contribution in [0.25, 0.3) is 10.9 Å². The Labute approximate surface area is 184 Å². The topological polar surface area (TPSA) is 108 Å². The van der Waals surface area contributed by atoms with Gasteiger partial charge in [0.1, 0.15) is 5.60 Å². The van der Waals surface area contributed by atoms with E-state index < -0.39 is 17.6 Å². The Morgan fingerprint density at radius 3 is 2.68 bits per heavy atom. The van der Waals surface area contributed by atoms with Crippen molar-refractivity contribution in [3.05, 3.63) is 58.2 Å². The van der Waals surface area contributed by atoms with Crippen molar-refractivity contribution < 1.29 is 19.4 Å². The van der Waals surface area contributed by atoms with Crippen LogP contribution in [0.15, 0.2) is 36.5 Å². The van der Waals surface area contributed by atoms with E-state index in [2.05, 4.69) is 15.5 Å². The number of fused-ring (bicyclic) bond motifs is 2. The second kappa shape index (κ2) is 7.77. The van der Waals surface area contributed by atoms with Crippen LogP contribution < -0.4 is 5.32 Å². The molecule has 0 saturated carbocycles. The fraction of sp³-hybridized carbons (Fsp3) is 0.318. The van der Waals surface area contributed by atoms with Crippen LogP contribution in [-0.4, -0.2) is 37.9 Å². The first kappa shape index (κ1) is 21.0. The summed E-state index contributed by atoms with van der Waals surface area (Å²) < 4.78 is 5.45. The molecule has 9 heteroatoms. The Balaban J connectivity index is 1.57. The third kappa shape index (κ3) is 4.44. The lowest BCUT2D eigenvalue weighted by atomic mass is 10.0. The number of aliphatic carboxylic acids is 1. The molecule has 2 aromatic carbocycles. The van der Waals surface area contributed by atoms with Crippen molar-refractivity contribution in [2.75, 3.05) is 5.32 Å². The van der Waals surface area contributed by atoms with Gasteiger partial charge in [0.2, 0.25) is 0 Å². The van der Waals surface area contributed by atoms with Gasteiger partial charge < -0.3 is 15.2 Å². The summed E-state index contributed by atoms with van der Waals surface area (Å²) in [7, 11) is 0. The van der Waals surface area contributed by atoms with Crippen LogP contribution in [0.3, 0.4) is 0 Å². The Morgan fingerprint density at radius 1 is 1.23 bits per heavy atom. The van der Waals surface area contributed by atoms with E-state index in [4.69, 9.17) is 16.3 Å². The van der Waals surface area contributed by atoms with E-state index in [-0.39, 0.29) is 6.09 Å². The first-order chi connectivity index (χ1) is 14.6. The molecule has 2 heterocycles. The fourth-order valence-corrected chi connectivity index (χ4v) is 3.89. The zero-order valence-corrected chi connectivity index (χ0v) is 18.2. The number of anilines is 1. The number of H-pyrrole nitrogens is 1. The molecule has 31 heavy (non-hydrogen) atoms. The van der Waals surface area contributed by atoms with Crippen LogP contribution in [0.1, 0.15) is 43.5 Å². The summed E-state index contributed by atoms with van der Waals surface area (Å²) in [6, 6.07) is 7.87. The van der Waals surface area contributed by atoms with Gasteiger partial charge in [-0.15, -0.1) is 0 Å². The normalized spacial score (nSPS) is 14.4. The number of benzene rings is 2. The molecule has 1 amide bonds. The van der Waals surface area contributed by atoms with Gasteiger partial charge >= 0.3 is 12.1 Å². The second-order valence-electron chi connectivity index (χ2n) is 8.56. The minimum atomic E-state index is -1.04. The number of hydrogen-bond acceptors (Lipinski definition) is 5. The number of aromatic nitrogens is 2. The summed E-state index contributed by atoms with van der Waals surface area (Å²) in [6.45, 7) is 6.34. The van der Waals surface area contributed by atoms with Gasteiger partial charge in [0.25, 0.3) is 0 Å². The summed E-state index contributed by atoms with van der Waals surface area (Å²) >= 11 is 6.18. The van der Waals surface area contributed by atoms with Crippen molar-refractivity contribution in [3.63, 3.8) is 0 Å². The van der Waals surface area contributed by atoms with Crippen LogP contribution in [0, 0.1) is 0 Å². The number of halogens is 1. The van der Waals surface area contributed by atoms with Crippen LogP contribution >= 0.6 is 11.6 Å². The van der Waals surface area contributed by atoms with Crippen molar-refractivity contribution in [1.29, 1.82) is 0 Å². The molecule has 0 radical (unpaired) electrons. The van der Waals surface area contributed by atoms with Crippen molar-refractivity contribution in [2.45, 2.75) is 45.5 Å². The van der Waals surface area contributed by atoms with E-state index >= 15 is 0 Å². The summed E-state index contributed by atoms with van der Waals surface area (Å²) in [5.74, 6) is -1.04. The Hall–Kier alpha value is -3.26. The minimum absolute atomic E-state index is 0.372. The zero-order valence-electron chi connectivity index (χ0n) is 17.4. The molecule has 1 aromatic heterocycles. The van der Waals surface area contributed by atoms with Crippen LogP contribution in [0.4, 0.5) is 10.5 Å². The molecule has 1 atom stereocenters. The molecule has 0 unspecified atom stereocenters. The number of hydrogen-bond donors (Lipinski definition) is 3. The average Bonchev–Trinajstić information content (AvgIpc) is 3.30. The highest BCUT2D eigenvalue weighted by molar-refractivity contribution is 6.31. The van der Waals surface area contributed by atoms with Crippen LogP contribution in [0.2, 0.25) is 5.02 Å². The molecule has 0 aliphatic carbocycles. The third-order valence-corrected chi connectivity index (χ3v) is 5.22. The van der Waals surface area contributed by atoms with E-state index in [1.165, 1.54) is 0 Å². The van der Waals surface area contributed by atoms with Gasteiger partial charge in [0.15, 0.2) is 6.04 Å². The first-order valence-electron chi connectivity index (χ1n) is 9.82. The monoisotopic (exact) mass is 442 g/mol. The minimum Gasteiger partial charge on any atom is -0.479 e. The van der Waals surface area contributed by atoms with Crippen molar-refractivity contribution >= 4 is 40.3 Å². The van der Waals surface area contributed by atoms with E-state index in [0.29, 0.717) is 40.3 Å². The fourth-order valence-electron chi connectivity index (χ4n) is 3.66. The molecule has 162 valence electrons. The van der Waals surface area contributed by atoms with Gasteiger partial charge in [-0.05, 0) is 61.7 Å². The SMILES string of the molecule is CC(C)(C)OC(=O)N1Cc2ccc(N[C@H](C(=O)O)c3cc(Cl)cc4[nH]ncc34)cc2C1. The average molecular weight is 443 g/mol.